The van der Waals surface area contributed by atoms with E-state index in [1.807, 2.05) is 0 Å². The first-order valence-corrected chi connectivity index (χ1v) is 5.92. The van der Waals surface area contributed by atoms with Gasteiger partial charge in [0.15, 0.2) is 0 Å². The van der Waals surface area contributed by atoms with Crippen molar-refractivity contribution in [2.24, 2.45) is 11.1 Å². The SMILES string of the molecule is CCOC(=O)C1(CC(C)=O)CCC(N)CC1. The molecule has 1 fully saturated rings. The van der Waals surface area contributed by atoms with Crippen molar-refractivity contribution in [2.75, 3.05) is 6.61 Å². The molecule has 2 N–H and O–H groups in total. The van der Waals surface area contributed by atoms with Crippen LogP contribution in [0.2, 0.25) is 0 Å². The summed E-state index contributed by atoms with van der Waals surface area (Å²) in [4.78, 5) is 23.2. The largest absolute Gasteiger partial charge is 0.466 e. The molecule has 16 heavy (non-hydrogen) atoms. The van der Waals surface area contributed by atoms with Gasteiger partial charge in [0.05, 0.1) is 12.0 Å². The van der Waals surface area contributed by atoms with Gasteiger partial charge in [-0.15, -0.1) is 0 Å². The first-order valence-electron chi connectivity index (χ1n) is 5.92. The summed E-state index contributed by atoms with van der Waals surface area (Å²) in [6.45, 7) is 3.67. The molecule has 1 aliphatic rings. The number of hydrogen-bond acceptors (Lipinski definition) is 4. The van der Waals surface area contributed by atoms with Crippen LogP contribution in [0, 0.1) is 5.41 Å². The van der Waals surface area contributed by atoms with E-state index in [9.17, 15) is 9.59 Å². The van der Waals surface area contributed by atoms with E-state index in [1.165, 1.54) is 6.92 Å². The first-order chi connectivity index (χ1) is 7.50. The van der Waals surface area contributed by atoms with Gasteiger partial charge < -0.3 is 10.5 Å². The molecular formula is C12H21NO3. The molecule has 4 nitrogen and oxygen atoms in total. The molecule has 1 rings (SSSR count). The second-order valence-electron chi connectivity index (χ2n) is 4.72. The van der Waals surface area contributed by atoms with Crippen molar-refractivity contribution < 1.29 is 14.3 Å². The Morgan fingerprint density at radius 3 is 2.38 bits per heavy atom. The third-order valence-electron chi connectivity index (χ3n) is 3.28. The Kier molecular flexibility index (Phi) is 4.47. The molecule has 0 saturated heterocycles. The van der Waals surface area contributed by atoms with Crippen molar-refractivity contribution in [2.45, 2.75) is 52.0 Å². The minimum atomic E-state index is -0.599. The van der Waals surface area contributed by atoms with Crippen molar-refractivity contribution >= 4 is 11.8 Å². The second-order valence-corrected chi connectivity index (χ2v) is 4.72. The highest BCUT2D eigenvalue weighted by molar-refractivity contribution is 5.85. The van der Waals surface area contributed by atoms with Gasteiger partial charge in [0.2, 0.25) is 0 Å². The zero-order chi connectivity index (χ0) is 12.2. The lowest BCUT2D eigenvalue weighted by Gasteiger charge is -2.36. The van der Waals surface area contributed by atoms with E-state index < -0.39 is 5.41 Å². The number of esters is 1. The standard InChI is InChI=1S/C12H21NO3/c1-3-16-11(15)12(8-9(2)14)6-4-10(13)5-7-12/h10H,3-8,13H2,1-2H3. The molecule has 0 aromatic carbocycles. The summed E-state index contributed by atoms with van der Waals surface area (Å²) in [5.74, 6) is -0.180. The van der Waals surface area contributed by atoms with Gasteiger partial charge in [0, 0.05) is 12.5 Å². The minimum Gasteiger partial charge on any atom is -0.466 e. The predicted molar refractivity (Wildman–Crippen MR) is 60.8 cm³/mol. The van der Waals surface area contributed by atoms with Gasteiger partial charge in [-0.2, -0.15) is 0 Å². The summed E-state index contributed by atoms with van der Waals surface area (Å²) in [5.41, 5.74) is 5.22. The molecule has 0 aromatic rings. The van der Waals surface area contributed by atoms with E-state index in [4.69, 9.17) is 10.5 Å². The quantitative estimate of drug-likeness (QED) is 0.737. The molecule has 0 bridgehead atoms. The summed E-state index contributed by atoms with van der Waals surface area (Å²) < 4.78 is 5.09. The van der Waals surface area contributed by atoms with Gasteiger partial charge in [-0.1, -0.05) is 0 Å². The topological polar surface area (TPSA) is 69.4 Å². The number of ether oxygens (including phenoxy) is 1. The fourth-order valence-electron chi connectivity index (χ4n) is 2.41. The molecule has 92 valence electrons. The highest BCUT2D eigenvalue weighted by Gasteiger charge is 2.43. The fraction of sp³-hybridized carbons (Fsp3) is 0.833. The maximum atomic E-state index is 11.9. The Labute approximate surface area is 96.5 Å². The van der Waals surface area contributed by atoms with E-state index >= 15 is 0 Å². The second kappa shape index (κ2) is 5.43. The highest BCUT2D eigenvalue weighted by Crippen LogP contribution is 2.40. The molecule has 1 saturated carbocycles. The van der Waals surface area contributed by atoms with E-state index in [0.717, 1.165) is 12.8 Å². The summed E-state index contributed by atoms with van der Waals surface area (Å²) >= 11 is 0. The summed E-state index contributed by atoms with van der Waals surface area (Å²) in [6, 6.07) is 0.162. The maximum Gasteiger partial charge on any atom is 0.312 e. The molecule has 1 aliphatic carbocycles. The van der Waals surface area contributed by atoms with Crippen LogP contribution in [-0.2, 0) is 14.3 Å². The van der Waals surface area contributed by atoms with Crippen LogP contribution >= 0.6 is 0 Å². The third kappa shape index (κ3) is 3.04. The zero-order valence-electron chi connectivity index (χ0n) is 10.1. The van der Waals surface area contributed by atoms with Gasteiger partial charge in [-0.3, -0.25) is 9.59 Å². The van der Waals surface area contributed by atoms with Gasteiger partial charge in [0.1, 0.15) is 5.78 Å². The van der Waals surface area contributed by atoms with Gasteiger partial charge in [-0.05, 0) is 39.5 Å². The van der Waals surface area contributed by atoms with Crippen molar-refractivity contribution in [3.63, 3.8) is 0 Å². The molecular weight excluding hydrogens is 206 g/mol. The molecule has 4 heteroatoms. The molecule has 0 radical (unpaired) electrons. The lowest BCUT2D eigenvalue weighted by molar-refractivity contribution is -0.159. The fourth-order valence-corrected chi connectivity index (χ4v) is 2.41. The van der Waals surface area contributed by atoms with E-state index in [-0.39, 0.29) is 17.8 Å². The van der Waals surface area contributed by atoms with Crippen LogP contribution in [0.15, 0.2) is 0 Å². The number of ketones is 1. The van der Waals surface area contributed by atoms with Crippen LogP contribution in [0.25, 0.3) is 0 Å². The van der Waals surface area contributed by atoms with Crippen LogP contribution in [0.1, 0.15) is 46.0 Å². The average molecular weight is 227 g/mol. The Balaban J connectivity index is 2.76. The molecule has 0 heterocycles. The highest BCUT2D eigenvalue weighted by atomic mass is 16.5. The molecule has 0 atom stereocenters. The molecule has 0 aromatic heterocycles. The Morgan fingerprint density at radius 1 is 1.38 bits per heavy atom. The summed E-state index contributed by atoms with van der Waals surface area (Å²) in [5, 5.41) is 0. The van der Waals surface area contributed by atoms with Crippen LogP contribution in [0.4, 0.5) is 0 Å². The minimum absolute atomic E-state index is 0.0449. The Hall–Kier alpha value is -0.900. The lowest BCUT2D eigenvalue weighted by Crippen LogP contribution is -2.41. The zero-order valence-corrected chi connectivity index (χ0v) is 10.1. The predicted octanol–water partition coefficient (Wildman–Crippen LogP) is 1.42. The van der Waals surface area contributed by atoms with Crippen molar-refractivity contribution in [3.05, 3.63) is 0 Å². The number of hydrogen-bond donors (Lipinski definition) is 1. The molecule has 0 aliphatic heterocycles. The number of carbonyl (C=O) groups is 2. The number of carbonyl (C=O) groups excluding carboxylic acids is 2. The van der Waals surface area contributed by atoms with E-state index in [2.05, 4.69) is 0 Å². The number of Topliss-reactive ketones (excluding diaryl/α,β-unsaturated/α-hetero) is 1. The number of nitrogens with two attached hydrogens (primary N) is 1. The summed E-state index contributed by atoms with van der Waals surface area (Å²) in [6.07, 6.45) is 3.23. The smallest absolute Gasteiger partial charge is 0.312 e. The monoisotopic (exact) mass is 227 g/mol. The van der Waals surface area contributed by atoms with Crippen molar-refractivity contribution in [1.29, 1.82) is 0 Å². The Bertz CT molecular complexity index is 267. The van der Waals surface area contributed by atoms with Gasteiger partial charge in [0.25, 0.3) is 0 Å². The third-order valence-corrected chi connectivity index (χ3v) is 3.28. The van der Waals surface area contributed by atoms with Crippen molar-refractivity contribution in [3.8, 4) is 0 Å². The molecule has 0 amide bonds. The maximum absolute atomic E-state index is 11.9. The van der Waals surface area contributed by atoms with E-state index in [0.29, 0.717) is 25.9 Å². The van der Waals surface area contributed by atoms with E-state index in [1.54, 1.807) is 6.92 Å². The van der Waals surface area contributed by atoms with Crippen molar-refractivity contribution in [1.82, 2.24) is 0 Å². The van der Waals surface area contributed by atoms with Gasteiger partial charge in [-0.25, -0.2) is 0 Å². The Morgan fingerprint density at radius 2 is 1.94 bits per heavy atom. The van der Waals surface area contributed by atoms with Crippen LogP contribution < -0.4 is 5.73 Å². The molecule has 0 unspecified atom stereocenters. The van der Waals surface area contributed by atoms with Crippen LogP contribution in [0.3, 0.4) is 0 Å². The summed E-state index contributed by atoms with van der Waals surface area (Å²) in [7, 11) is 0. The average Bonchev–Trinajstić information content (AvgIpc) is 2.21. The van der Waals surface area contributed by atoms with Crippen LogP contribution in [-0.4, -0.2) is 24.4 Å². The normalized spacial score (nSPS) is 29.8. The lowest BCUT2D eigenvalue weighted by atomic mass is 9.70. The molecule has 0 spiro atoms. The number of rotatable bonds is 4. The van der Waals surface area contributed by atoms with Crippen LogP contribution in [0.5, 0.6) is 0 Å². The first kappa shape index (κ1) is 13.2. The van der Waals surface area contributed by atoms with Gasteiger partial charge >= 0.3 is 5.97 Å².